The summed E-state index contributed by atoms with van der Waals surface area (Å²) in [6.45, 7) is 4.73. The van der Waals surface area contributed by atoms with E-state index in [1.165, 1.54) is 87.9 Å². The van der Waals surface area contributed by atoms with E-state index in [2.05, 4.69) is 242 Å². The third kappa shape index (κ3) is 5.56. The first-order valence-corrected chi connectivity index (χ1v) is 21.3. The maximum absolute atomic E-state index is 2.47. The number of hydrogen-bond donors (Lipinski definition) is 0. The van der Waals surface area contributed by atoms with Gasteiger partial charge in [0, 0.05) is 38.6 Å². The predicted molar refractivity (Wildman–Crippen MR) is 259 cm³/mol. The molecule has 0 N–H and O–H groups in total. The molecule has 1 heterocycles. The van der Waals surface area contributed by atoms with Gasteiger partial charge in [-0.3, -0.25) is 0 Å². The summed E-state index contributed by atoms with van der Waals surface area (Å²) >= 11 is 0. The lowest BCUT2D eigenvalue weighted by molar-refractivity contribution is 0.661. The highest BCUT2D eigenvalue weighted by Gasteiger charge is 2.36. The molecular formula is C59H42N2. The lowest BCUT2D eigenvalue weighted by Crippen LogP contribution is -2.14. The zero-order valence-electron chi connectivity index (χ0n) is 34.2. The summed E-state index contributed by atoms with van der Waals surface area (Å²) in [6.07, 6.45) is 0. The summed E-state index contributed by atoms with van der Waals surface area (Å²) in [4.78, 5) is 2.39. The van der Waals surface area contributed by atoms with E-state index in [4.69, 9.17) is 0 Å². The molecule has 0 fully saturated rings. The first-order valence-electron chi connectivity index (χ1n) is 21.3. The summed E-state index contributed by atoms with van der Waals surface area (Å²) in [7, 11) is 0. The quantitative estimate of drug-likeness (QED) is 0.163. The van der Waals surface area contributed by atoms with Crippen molar-refractivity contribution in [3.63, 3.8) is 0 Å². The number of fused-ring (bicyclic) bond motifs is 9. The van der Waals surface area contributed by atoms with Crippen LogP contribution < -0.4 is 4.90 Å². The van der Waals surface area contributed by atoms with Crippen LogP contribution in [0.15, 0.2) is 218 Å². The molecule has 0 bridgehead atoms. The van der Waals surface area contributed by atoms with Crippen LogP contribution in [0.1, 0.15) is 25.0 Å². The van der Waals surface area contributed by atoms with Crippen LogP contribution in [0.25, 0.3) is 82.4 Å². The highest BCUT2D eigenvalue weighted by atomic mass is 15.1. The predicted octanol–water partition coefficient (Wildman–Crippen LogP) is 16.2. The number of hydrogen-bond acceptors (Lipinski definition) is 1. The van der Waals surface area contributed by atoms with Gasteiger partial charge in [-0.25, -0.2) is 0 Å². The van der Waals surface area contributed by atoms with Crippen molar-refractivity contribution < 1.29 is 0 Å². The van der Waals surface area contributed by atoms with Crippen molar-refractivity contribution in [1.82, 2.24) is 4.57 Å². The van der Waals surface area contributed by atoms with Gasteiger partial charge in [-0.2, -0.15) is 0 Å². The molecule has 12 rings (SSSR count). The first kappa shape index (κ1) is 35.3. The van der Waals surface area contributed by atoms with Gasteiger partial charge in [-0.1, -0.05) is 166 Å². The van der Waals surface area contributed by atoms with Gasteiger partial charge in [0.25, 0.3) is 0 Å². The van der Waals surface area contributed by atoms with E-state index >= 15 is 0 Å². The van der Waals surface area contributed by atoms with Crippen molar-refractivity contribution in [3.05, 3.63) is 230 Å². The standard InChI is InChI=1S/C59H42N2/c1-59(2)53-22-12-11-21-49(53)58-50-38-52-51-36-43(29-35-56(51)61(45-18-7-4-8-19-45)57(52)37-44(50)28-34-54(58)59)41-26-32-47(33-27-41)60(55-23-13-17-42-16-9-10-20-48(42)55)46-30-24-40(25-31-46)39-14-5-3-6-15-39/h3-38H,1-2H3. The van der Waals surface area contributed by atoms with Crippen LogP contribution in [-0.2, 0) is 5.41 Å². The molecule has 2 nitrogen and oxygen atoms in total. The molecule has 0 unspecified atom stereocenters. The average Bonchev–Trinajstić information content (AvgIpc) is 3.76. The SMILES string of the molecule is CC1(C)c2ccccc2-c2c1ccc1cc3c(cc21)c1cc(-c2ccc(N(c4ccc(-c5ccccc5)cc4)c4cccc5ccccc45)cc2)ccc1n3-c1ccccc1. The second kappa shape index (κ2) is 13.7. The zero-order chi connectivity index (χ0) is 40.7. The highest BCUT2D eigenvalue weighted by molar-refractivity contribution is 6.17. The van der Waals surface area contributed by atoms with E-state index in [1.54, 1.807) is 0 Å². The molecule has 1 aromatic heterocycles. The minimum atomic E-state index is -0.0543. The second-order valence-corrected chi connectivity index (χ2v) is 16.9. The molecule has 0 saturated heterocycles. The van der Waals surface area contributed by atoms with Crippen LogP contribution in [-0.4, -0.2) is 4.57 Å². The van der Waals surface area contributed by atoms with E-state index in [1.807, 2.05) is 0 Å². The van der Waals surface area contributed by atoms with E-state index in [-0.39, 0.29) is 5.41 Å². The Bertz CT molecular complexity index is 3460. The lowest BCUT2D eigenvalue weighted by atomic mass is 9.82. The molecule has 0 aliphatic heterocycles. The molecule has 0 amide bonds. The number of para-hydroxylation sites is 1. The van der Waals surface area contributed by atoms with E-state index in [0.717, 1.165) is 22.7 Å². The zero-order valence-corrected chi connectivity index (χ0v) is 34.2. The third-order valence-electron chi connectivity index (χ3n) is 13.2. The largest absolute Gasteiger partial charge is 0.310 e. The van der Waals surface area contributed by atoms with Gasteiger partial charge in [0.2, 0.25) is 0 Å². The average molecular weight is 779 g/mol. The van der Waals surface area contributed by atoms with Crippen molar-refractivity contribution in [2.24, 2.45) is 0 Å². The summed E-state index contributed by atoms with van der Waals surface area (Å²) in [6, 6.07) is 80.3. The molecule has 0 saturated carbocycles. The molecule has 1 aliphatic rings. The molecule has 2 heteroatoms. The monoisotopic (exact) mass is 778 g/mol. The molecular weight excluding hydrogens is 737 g/mol. The van der Waals surface area contributed by atoms with Crippen LogP contribution in [0.4, 0.5) is 17.1 Å². The van der Waals surface area contributed by atoms with Gasteiger partial charge < -0.3 is 9.47 Å². The van der Waals surface area contributed by atoms with E-state index in [0.29, 0.717) is 0 Å². The number of aromatic nitrogens is 1. The lowest BCUT2D eigenvalue weighted by Gasteiger charge is -2.27. The number of anilines is 3. The Balaban J connectivity index is 1.01. The van der Waals surface area contributed by atoms with Gasteiger partial charge in [0.1, 0.15) is 0 Å². The van der Waals surface area contributed by atoms with Crippen molar-refractivity contribution in [1.29, 1.82) is 0 Å². The van der Waals surface area contributed by atoms with Crippen molar-refractivity contribution in [2.45, 2.75) is 19.3 Å². The fourth-order valence-corrected chi connectivity index (χ4v) is 10.1. The highest BCUT2D eigenvalue weighted by Crippen LogP contribution is 2.52. The summed E-state index contributed by atoms with van der Waals surface area (Å²) in [5.41, 5.74) is 17.2. The maximum atomic E-state index is 2.47. The van der Waals surface area contributed by atoms with Crippen LogP contribution in [0.2, 0.25) is 0 Å². The number of nitrogens with zero attached hydrogens (tertiary/aromatic N) is 2. The van der Waals surface area contributed by atoms with E-state index < -0.39 is 0 Å². The fraction of sp³-hybridized carbons (Fsp3) is 0.0508. The van der Waals surface area contributed by atoms with Gasteiger partial charge in [0.05, 0.1) is 16.7 Å². The topological polar surface area (TPSA) is 8.17 Å². The summed E-state index contributed by atoms with van der Waals surface area (Å²) in [5, 5.41) is 7.53. The maximum Gasteiger partial charge on any atom is 0.0547 e. The smallest absolute Gasteiger partial charge is 0.0547 e. The van der Waals surface area contributed by atoms with Gasteiger partial charge in [-0.05, 0) is 127 Å². The second-order valence-electron chi connectivity index (χ2n) is 16.9. The van der Waals surface area contributed by atoms with Crippen molar-refractivity contribution in [2.75, 3.05) is 4.90 Å². The summed E-state index contributed by atoms with van der Waals surface area (Å²) in [5.74, 6) is 0. The normalized spacial score (nSPS) is 12.9. The molecule has 11 aromatic rings. The molecule has 0 spiro atoms. The van der Waals surface area contributed by atoms with Crippen molar-refractivity contribution in [3.8, 4) is 39.1 Å². The first-order chi connectivity index (χ1) is 30.0. The Morgan fingerprint density at radius 2 is 0.984 bits per heavy atom. The minimum Gasteiger partial charge on any atom is -0.310 e. The van der Waals surface area contributed by atoms with Crippen LogP contribution in [0, 0.1) is 0 Å². The Labute approximate surface area is 356 Å². The molecule has 0 radical (unpaired) electrons. The molecule has 288 valence electrons. The molecule has 61 heavy (non-hydrogen) atoms. The van der Waals surface area contributed by atoms with Crippen molar-refractivity contribution >= 4 is 60.4 Å². The molecule has 1 aliphatic carbocycles. The van der Waals surface area contributed by atoms with Crippen LogP contribution in [0.5, 0.6) is 0 Å². The van der Waals surface area contributed by atoms with Gasteiger partial charge >= 0.3 is 0 Å². The van der Waals surface area contributed by atoms with Gasteiger partial charge in [-0.15, -0.1) is 0 Å². The summed E-state index contributed by atoms with van der Waals surface area (Å²) < 4.78 is 2.44. The van der Waals surface area contributed by atoms with Crippen LogP contribution in [0.3, 0.4) is 0 Å². The van der Waals surface area contributed by atoms with Gasteiger partial charge in [0.15, 0.2) is 0 Å². The minimum absolute atomic E-state index is 0.0543. The molecule has 10 aromatic carbocycles. The Hall–Kier alpha value is -7.68. The number of rotatable bonds is 6. The Kier molecular flexibility index (Phi) is 7.92. The van der Waals surface area contributed by atoms with Crippen LogP contribution >= 0.6 is 0 Å². The Morgan fingerprint density at radius 1 is 0.377 bits per heavy atom. The third-order valence-corrected chi connectivity index (χ3v) is 13.2. The Morgan fingerprint density at radius 3 is 1.75 bits per heavy atom. The number of benzene rings is 10. The molecule has 0 atom stereocenters. The fourth-order valence-electron chi connectivity index (χ4n) is 10.1. The van der Waals surface area contributed by atoms with E-state index in [9.17, 15) is 0 Å².